The summed E-state index contributed by atoms with van der Waals surface area (Å²) in [5, 5.41) is 12.7. The maximum atomic E-state index is 12.2. The van der Waals surface area contributed by atoms with Gasteiger partial charge in [-0.1, -0.05) is 31.5 Å². The van der Waals surface area contributed by atoms with Crippen molar-refractivity contribution in [1.82, 2.24) is 20.1 Å². The Kier molecular flexibility index (Phi) is 5.06. The minimum Gasteiger partial charge on any atom is -0.352 e. The molecule has 122 valence electrons. The number of aromatic nitrogens is 3. The van der Waals surface area contributed by atoms with Gasteiger partial charge in [-0.3, -0.25) is 4.79 Å². The second-order valence-electron chi connectivity index (χ2n) is 6.58. The van der Waals surface area contributed by atoms with Crippen LogP contribution in [0, 0.1) is 5.92 Å². The van der Waals surface area contributed by atoms with Gasteiger partial charge in [0.25, 0.3) is 0 Å². The first kappa shape index (κ1) is 15.8. The smallest absolute Gasteiger partial charge is 0.230 e. The largest absolute Gasteiger partial charge is 0.352 e. The van der Waals surface area contributed by atoms with E-state index >= 15 is 0 Å². The third kappa shape index (κ3) is 3.65. The van der Waals surface area contributed by atoms with Crippen molar-refractivity contribution in [2.45, 2.75) is 76.0 Å². The molecule has 0 bridgehead atoms. The van der Waals surface area contributed by atoms with Crippen LogP contribution in [0.5, 0.6) is 0 Å². The molecule has 2 fully saturated rings. The lowest BCUT2D eigenvalue weighted by Crippen LogP contribution is -2.41. The van der Waals surface area contributed by atoms with E-state index in [1.165, 1.54) is 43.9 Å². The van der Waals surface area contributed by atoms with Gasteiger partial charge in [-0.25, -0.2) is 0 Å². The van der Waals surface area contributed by atoms with Crippen LogP contribution in [0.4, 0.5) is 0 Å². The van der Waals surface area contributed by atoms with Crippen molar-refractivity contribution >= 4 is 17.7 Å². The summed E-state index contributed by atoms with van der Waals surface area (Å²) in [6.45, 7) is 5.23. The van der Waals surface area contributed by atoms with Gasteiger partial charge in [-0.2, -0.15) is 0 Å². The molecule has 0 spiro atoms. The minimum absolute atomic E-state index is 0.127. The van der Waals surface area contributed by atoms with Gasteiger partial charge in [-0.05, 0) is 38.5 Å². The molecule has 1 aromatic rings. The zero-order chi connectivity index (χ0) is 15.5. The monoisotopic (exact) mass is 322 g/mol. The Balaban J connectivity index is 1.52. The summed E-state index contributed by atoms with van der Waals surface area (Å²) in [7, 11) is 0. The van der Waals surface area contributed by atoms with E-state index in [0.29, 0.717) is 23.6 Å². The van der Waals surface area contributed by atoms with Crippen LogP contribution < -0.4 is 5.32 Å². The number of hydrogen-bond donors (Lipinski definition) is 1. The summed E-state index contributed by atoms with van der Waals surface area (Å²) < 4.78 is 2.17. The first-order valence-electron chi connectivity index (χ1n) is 8.54. The summed E-state index contributed by atoms with van der Waals surface area (Å²) in [5.41, 5.74) is 0. The van der Waals surface area contributed by atoms with Gasteiger partial charge in [0, 0.05) is 18.5 Å². The SMILES string of the molecule is CCn1c(SCC(=O)N[C@H]2CCCC[C@@H]2C)nnc1C1CC1. The van der Waals surface area contributed by atoms with Gasteiger partial charge < -0.3 is 9.88 Å². The van der Waals surface area contributed by atoms with Gasteiger partial charge in [-0.15, -0.1) is 10.2 Å². The molecule has 2 aliphatic rings. The average molecular weight is 322 g/mol. The molecule has 2 atom stereocenters. The molecule has 2 aliphatic carbocycles. The molecule has 6 heteroatoms. The fourth-order valence-corrected chi connectivity index (χ4v) is 4.08. The van der Waals surface area contributed by atoms with Crippen LogP contribution in [-0.4, -0.2) is 32.5 Å². The van der Waals surface area contributed by atoms with Crippen molar-refractivity contribution < 1.29 is 4.79 Å². The standard InChI is InChI=1S/C16H26N4OS/c1-3-20-15(12-8-9-12)18-19-16(20)22-10-14(21)17-13-7-5-4-6-11(13)2/h11-13H,3-10H2,1-2H3,(H,17,21)/t11-,13-/m0/s1. The molecule has 1 amide bonds. The number of carbonyl (C=O) groups is 1. The number of rotatable bonds is 6. The number of nitrogens with zero attached hydrogens (tertiary/aromatic N) is 3. The minimum atomic E-state index is 0.127. The van der Waals surface area contributed by atoms with Crippen molar-refractivity contribution in [1.29, 1.82) is 0 Å². The molecule has 0 saturated heterocycles. The Bertz CT molecular complexity index is 526. The van der Waals surface area contributed by atoms with Gasteiger partial charge in [0.05, 0.1) is 5.75 Å². The van der Waals surface area contributed by atoms with Crippen molar-refractivity contribution in [3.63, 3.8) is 0 Å². The van der Waals surface area contributed by atoms with Crippen LogP contribution >= 0.6 is 11.8 Å². The Labute approximate surface area is 136 Å². The van der Waals surface area contributed by atoms with E-state index in [9.17, 15) is 4.79 Å². The topological polar surface area (TPSA) is 59.8 Å². The molecular weight excluding hydrogens is 296 g/mol. The number of carbonyl (C=O) groups excluding carboxylic acids is 1. The molecule has 0 aliphatic heterocycles. The van der Waals surface area contributed by atoms with E-state index in [1.807, 2.05) is 0 Å². The molecule has 1 heterocycles. The van der Waals surface area contributed by atoms with Gasteiger partial charge in [0.2, 0.25) is 5.91 Å². The zero-order valence-corrected chi connectivity index (χ0v) is 14.4. The molecule has 5 nitrogen and oxygen atoms in total. The normalized spacial score (nSPS) is 25.2. The maximum Gasteiger partial charge on any atom is 0.230 e. The number of nitrogens with one attached hydrogen (secondary N) is 1. The summed E-state index contributed by atoms with van der Waals surface area (Å²) >= 11 is 1.51. The highest BCUT2D eigenvalue weighted by Crippen LogP contribution is 2.39. The van der Waals surface area contributed by atoms with E-state index in [4.69, 9.17) is 0 Å². The first-order chi connectivity index (χ1) is 10.7. The lowest BCUT2D eigenvalue weighted by molar-refractivity contribution is -0.119. The van der Waals surface area contributed by atoms with Gasteiger partial charge in [0.1, 0.15) is 5.82 Å². The molecular formula is C16H26N4OS. The van der Waals surface area contributed by atoms with E-state index in [1.54, 1.807) is 0 Å². The van der Waals surface area contributed by atoms with E-state index in [2.05, 4.69) is 33.9 Å². The Hall–Kier alpha value is -1.04. The molecule has 1 N–H and O–H groups in total. The highest BCUT2D eigenvalue weighted by molar-refractivity contribution is 7.99. The van der Waals surface area contributed by atoms with Crippen LogP contribution in [0.25, 0.3) is 0 Å². The number of hydrogen-bond acceptors (Lipinski definition) is 4. The summed E-state index contributed by atoms with van der Waals surface area (Å²) in [6, 6.07) is 0.355. The fourth-order valence-electron chi connectivity index (χ4n) is 3.26. The van der Waals surface area contributed by atoms with Crippen LogP contribution in [0.1, 0.15) is 64.1 Å². The van der Waals surface area contributed by atoms with Crippen molar-refractivity contribution in [2.24, 2.45) is 5.92 Å². The first-order valence-corrected chi connectivity index (χ1v) is 9.52. The zero-order valence-electron chi connectivity index (χ0n) is 13.5. The third-order valence-electron chi connectivity index (χ3n) is 4.79. The molecule has 3 rings (SSSR count). The van der Waals surface area contributed by atoms with Gasteiger partial charge in [0.15, 0.2) is 5.16 Å². The Morgan fingerprint density at radius 1 is 1.27 bits per heavy atom. The molecule has 0 aromatic carbocycles. The van der Waals surface area contributed by atoms with Gasteiger partial charge >= 0.3 is 0 Å². The van der Waals surface area contributed by atoms with E-state index in [-0.39, 0.29) is 5.91 Å². The van der Waals surface area contributed by atoms with Crippen molar-refractivity contribution in [3.8, 4) is 0 Å². The van der Waals surface area contributed by atoms with Crippen LogP contribution in [-0.2, 0) is 11.3 Å². The average Bonchev–Trinajstić information content (AvgIpc) is 3.27. The Morgan fingerprint density at radius 3 is 2.73 bits per heavy atom. The second kappa shape index (κ2) is 7.02. The highest BCUT2D eigenvalue weighted by atomic mass is 32.2. The summed E-state index contributed by atoms with van der Waals surface area (Å²) in [5.74, 6) is 2.86. The molecule has 0 unspecified atom stereocenters. The number of thioether (sulfide) groups is 1. The molecule has 0 radical (unpaired) electrons. The predicted octanol–water partition coefficient (Wildman–Crippen LogP) is 2.96. The second-order valence-corrected chi connectivity index (χ2v) is 7.53. The summed E-state index contributed by atoms with van der Waals surface area (Å²) in [4.78, 5) is 12.2. The number of amides is 1. The molecule has 22 heavy (non-hydrogen) atoms. The fraction of sp³-hybridized carbons (Fsp3) is 0.812. The highest BCUT2D eigenvalue weighted by Gasteiger charge is 2.30. The lowest BCUT2D eigenvalue weighted by Gasteiger charge is -2.29. The summed E-state index contributed by atoms with van der Waals surface area (Å²) in [6.07, 6.45) is 7.33. The van der Waals surface area contributed by atoms with E-state index in [0.717, 1.165) is 23.9 Å². The van der Waals surface area contributed by atoms with E-state index < -0.39 is 0 Å². The van der Waals surface area contributed by atoms with Crippen molar-refractivity contribution in [2.75, 3.05) is 5.75 Å². The predicted molar refractivity (Wildman–Crippen MR) is 88.0 cm³/mol. The third-order valence-corrected chi connectivity index (χ3v) is 5.76. The van der Waals surface area contributed by atoms with Crippen LogP contribution in [0.15, 0.2) is 5.16 Å². The van der Waals surface area contributed by atoms with Crippen molar-refractivity contribution in [3.05, 3.63) is 5.82 Å². The van der Waals surface area contributed by atoms with Crippen LogP contribution in [0.3, 0.4) is 0 Å². The quantitative estimate of drug-likeness (QED) is 0.818. The maximum absolute atomic E-state index is 12.2. The Morgan fingerprint density at radius 2 is 2.05 bits per heavy atom. The molecule has 2 saturated carbocycles. The molecule has 1 aromatic heterocycles. The van der Waals surface area contributed by atoms with Crippen LogP contribution in [0.2, 0.25) is 0 Å². The lowest BCUT2D eigenvalue weighted by atomic mass is 9.86.